The van der Waals surface area contributed by atoms with Gasteiger partial charge in [-0.2, -0.15) is 0 Å². The van der Waals surface area contributed by atoms with Crippen molar-refractivity contribution in [3.63, 3.8) is 0 Å². The smallest absolute Gasteiger partial charge is 0.340 e. The molecule has 82 valence electrons. The highest BCUT2D eigenvalue weighted by molar-refractivity contribution is 9.10. The van der Waals surface area contributed by atoms with Gasteiger partial charge in [0, 0.05) is 9.86 Å². The van der Waals surface area contributed by atoms with Gasteiger partial charge in [-0.25, -0.2) is 4.79 Å². The van der Waals surface area contributed by atoms with Crippen LogP contribution in [0.15, 0.2) is 28.7 Å². The van der Waals surface area contributed by atoms with E-state index >= 15 is 0 Å². The number of benzene rings is 2. The minimum Gasteiger partial charge on any atom is -0.505 e. The van der Waals surface area contributed by atoms with Gasteiger partial charge in [0.15, 0.2) is 5.75 Å². The summed E-state index contributed by atoms with van der Waals surface area (Å²) >= 11 is 3.29. The highest BCUT2D eigenvalue weighted by atomic mass is 79.9. The molecular weight excluding hydrogens is 274 g/mol. The summed E-state index contributed by atoms with van der Waals surface area (Å²) in [6, 6.07) is 6.63. The first-order valence-electron chi connectivity index (χ1n) is 4.44. The molecule has 0 aliphatic heterocycles. The molecule has 0 heterocycles. The van der Waals surface area contributed by atoms with E-state index < -0.39 is 5.97 Å². The number of aromatic hydroxyl groups is 1. The van der Waals surface area contributed by atoms with E-state index in [0.717, 1.165) is 4.47 Å². The number of carboxylic acids is 1. The number of fused-ring (bicyclic) bond motifs is 1. The first kappa shape index (κ1) is 10.8. The van der Waals surface area contributed by atoms with E-state index in [1.807, 2.05) is 0 Å². The number of aromatic carboxylic acids is 1. The van der Waals surface area contributed by atoms with Crippen molar-refractivity contribution in [3.05, 3.63) is 34.3 Å². The van der Waals surface area contributed by atoms with Crippen molar-refractivity contribution < 1.29 is 15.0 Å². The van der Waals surface area contributed by atoms with Crippen LogP contribution in [0.4, 0.5) is 5.69 Å². The van der Waals surface area contributed by atoms with Crippen LogP contribution in [0.1, 0.15) is 10.4 Å². The molecule has 0 bridgehead atoms. The Morgan fingerprint density at radius 2 is 2.00 bits per heavy atom. The molecule has 0 aliphatic carbocycles. The number of halogens is 1. The third-order valence-corrected chi connectivity index (χ3v) is 2.81. The summed E-state index contributed by atoms with van der Waals surface area (Å²) < 4.78 is 0.821. The molecule has 2 aromatic rings. The van der Waals surface area contributed by atoms with E-state index in [0.29, 0.717) is 10.8 Å². The zero-order valence-electron chi connectivity index (χ0n) is 8.07. The maximum atomic E-state index is 11.0. The summed E-state index contributed by atoms with van der Waals surface area (Å²) in [6.07, 6.45) is 0. The molecule has 2 rings (SSSR count). The fraction of sp³-hybridized carbons (Fsp3) is 0. The molecule has 2 aromatic carbocycles. The Morgan fingerprint density at radius 1 is 1.31 bits per heavy atom. The second kappa shape index (κ2) is 3.68. The molecule has 4 N–H and O–H groups in total. The SMILES string of the molecule is Nc1cc2cc(Br)ccc2c(C(=O)O)c1O. The predicted molar refractivity (Wildman–Crippen MR) is 64.7 cm³/mol. The van der Waals surface area contributed by atoms with Crippen LogP contribution in [-0.2, 0) is 0 Å². The lowest BCUT2D eigenvalue weighted by Crippen LogP contribution is -2.01. The molecule has 0 saturated carbocycles. The fourth-order valence-corrected chi connectivity index (χ4v) is 1.98. The summed E-state index contributed by atoms with van der Waals surface area (Å²) in [4.78, 5) is 11.0. The number of anilines is 1. The number of rotatable bonds is 1. The monoisotopic (exact) mass is 281 g/mol. The highest BCUT2D eigenvalue weighted by Crippen LogP contribution is 2.34. The zero-order valence-corrected chi connectivity index (χ0v) is 9.65. The minimum atomic E-state index is -1.20. The van der Waals surface area contributed by atoms with E-state index in [-0.39, 0.29) is 17.0 Å². The molecule has 0 atom stereocenters. The van der Waals surface area contributed by atoms with Crippen molar-refractivity contribution in [1.82, 2.24) is 0 Å². The van der Waals surface area contributed by atoms with Crippen LogP contribution in [0.25, 0.3) is 10.8 Å². The minimum absolute atomic E-state index is 0.0583. The van der Waals surface area contributed by atoms with E-state index in [4.69, 9.17) is 10.8 Å². The van der Waals surface area contributed by atoms with Gasteiger partial charge in [-0.1, -0.05) is 22.0 Å². The van der Waals surface area contributed by atoms with Crippen molar-refractivity contribution in [2.24, 2.45) is 0 Å². The van der Waals surface area contributed by atoms with Crippen molar-refractivity contribution >= 4 is 38.4 Å². The van der Waals surface area contributed by atoms with Crippen molar-refractivity contribution in [2.45, 2.75) is 0 Å². The molecule has 0 fully saturated rings. The van der Waals surface area contributed by atoms with Gasteiger partial charge in [-0.15, -0.1) is 0 Å². The van der Waals surface area contributed by atoms with Crippen LogP contribution >= 0.6 is 15.9 Å². The van der Waals surface area contributed by atoms with Crippen molar-refractivity contribution in [3.8, 4) is 5.75 Å². The van der Waals surface area contributed by atoms with Crippen LogP contribution in [0.3, 0.4) is 0 Å². The van der Waals surface area contributed by atoms with Gasteiger partial charge in [0.25, 0.3) is 0 Å². The summed E-state index contributed by atoms with van der Waals surface area (Å²) in [5, 5.41) is 19.8. The van der Waals surface area contributed by atoms with Gasteiger partial charge in [0.2, 0.25) is 0 Å². The average Bonchev–Trinajstić information content (AvgIpc) is 2.19. The van der Waals surface area contributed by atoms with Gasteiger partial charge in [0.05, 0.1) is 5.69 Å². The van der Waals surface area contributed by atoms with Gasteiger partial charge in [0.1, 0.15) is 5.56 Å². The Labute approximate surface area is 99.4 Å². The van der Waals surface area contributed by atoms with E-state index in [1.165, 1.54) is 0 Å². The van der Waals surface area contributed by atoms with E-state index in [2.05, 4.69) is 15.9 Å². The van der Waals surface area contributed by atoms with Crippen LogP contribution < -0.4 is 5.73 Å². The molecule has 16 heavy (non-hydrogen) atoms. The third-order valence-electron chi connectivity index (χ3n) is 2.32. The summed E-state index contributed by atoms with van der Waals surface area (Å²) in [5.74, 6) is -1.58. The number of carboxylic acid groups (broad SMARTS) is 1. The van der Waals surface area contributed by atoms with Gasteiger partial charge in [-0.05, 0) is 23.6 Å². The molecule has 0 aromatic heterocycles. The zero-order chi connectivity index (χ0) is 11.9. The third kappa shape index (κ3) is 1.59. The molecule has 0 aliphatic rings. The van der Waals surface area contributed by atoms with E-state index in [1.54, 1.807) is 24.3 Å². The number of nitrogen functional groups attached to an aromatic ring is 1. The van der Waals surface area contributed by atoms with Gasteiger partial charge in [-0.3, -0.25) is 0 Å². The van der Waals surface area contributed by atoms with Crippen LogP contribution in [0.2, 0.25) is 0 Å². The summed E-state index contributed by atoms with van der Waals surface area (Å²) in [7, 11) is 0. The maximum Gasteiger partial charge on any atom is 0.340 e. The molecule has 0 radical (unpaired) electrons. The van der Waals surface area contributed by atoms with Crippen molar-refractivity contribution in [1.29, 1.82) is 0 Å². The van der Waals surface area contributed by atoms with Crippen LogP contribution in [-0.4, -0.2) is 16.2 Å². The molecule has 5 heteroatoms. The topological polar surface area (TPSA) is 83.6 Å². The Kier molecular flexibility index (Phi) is 2.47. The van der Waals surface area contributed by atoms with Crippen molar-refractivity contribution in [2.75, 3.05) is 5.73 Å². The normalized spacial score (nSPS) is 10.6. The number of phenols is 1. The maximum absolute atomic E-state index is 11.0. The summed E-state index contributed by atoms with van der Waals surface area (Å²) in [6.45, 7) is 0. The standard InChI is InChI=1S/C11H8BrNO3/c12-6-1-2-7-5(3-6)4-8(13)10(14)9(7)11(15)16/h1-4,14H,13H2,(H,15,16). The molecule has 0 saturated heterocycles. The Balaban J connectivity index is 2.94. The van der Waals surface area contributed by atoms with Gasteiger partial charge < -0.3 is 15.9 Å². The quantitative estimate of drug-likeness (QED) is 0.554. The number of hydrogen-bond donors (Lipinski definition) is 3. The highest BCUT2D eigenvalue weighted by Gasteiger charge is 2.17. The van der Waals surface area contributed by atoms with Gasteiger partial charge >= 0.3 is 5.97 Å². The summed E-state index contributed by atoms with van der Waals surface area (Å²) in [5.41, 5.74) is 5.44. The largest absolute Gasteiger partial charge is 0.505 e. The molecule has 0 spiro atoms. The molecule has 0 amide bonds. The number of nitrogens with two attached hydrogens (primary N) is 1. The number of hydrogen-bond acceptors (Lipinski definition) is 3. The Hall–Kier alpha value is -1.75. The number of carbonyl (C=O) groups is 1. The average molecular weight is 282 g/mol. The predicted octanol–water partition coefficient (Wildman–Crippen LogP) is 2.59. The fourth-order valence-electron chi connectivity index (χ4n) is 1.60. The first-order valence-corrected chi connectivity index (χ1v) is 5.24. The molecule has 4 nitrogen and oxygen atoms in total. The first-order chi connectivity index (χ1) is 7.50. The molecular formula is C11H8BrNO3. The van der Waals surface area contributed by atoms with Crippen LogP contribution in [0, 0.1) is 0 Å². The Bertz CT molecular complexity index is 595. The Morgan fingerprint density at radius 3 is 2.62 bits per heavy atom. The second-order valence-electron chi connectivity index (χ2n) is 3.36. The van der Waals surface area contributed by atoms with Crippen LogP contribution in [0.5, 0.6) is 5.75 Å². The second-order valence-corrected chi connectivity index (χ2v) is 4.28. The lowest BCUT2D eigenvalue weighted by molar-refractivity contribution is 0.0696. The lowest BCUT2D eigenvalue weighted by atomic mass is 10.0. The van der Waals surface area contributed by atoms with E-state index in [9.17, 15) is 9.90 Å². The lowest BCUT2D eigenvalue weighted by Gasteiger charge is -2.08. The molecule has 0 unspecified atom stereocenters.